The summed E-state index contributed by atoms with van der Waals surface area (Å²) in [4.78, 5) is 0. The lowest BCUT2D eigenvalue weighted by molar-refractivity contribution is 0.00899. The summed E-state index contributed by atoms with van der Waals surface area (Å²) in [6.07, 6.45) is 1.16. The van der Waals surface area contributed by atoms with E-state index in [0.29, 0.717) is 16.2 Å². The molecular weight excluding hydrogens is 163 g/mol. The molecule has 0 radical (unpaired) electrons. The van der Waals surface area contributed by atoms with E-state index in [2.05, 4.69) is 57.7 Å². The van der Waals surface area contributed by atoms with E-state index in [1.165, 1.54) is 0 Å². The smallest absolute Gasteiger partial charge is 0.0251 e. The summed E-state index contributed by atoms with van der Waals surface area (Å²) < 4.78 is 0. The van der Waals surface area contributed by atoms with Crippen molar-refractivity contribution < 1.29 is 0 Å². The van der Waals surface area contributed by atoms with Crippen LogP contribution in [0, 0.1) is 16.2 Å². The van der Waals surface area contributed by atoms with E-state index < -0.39 is 0 Å². The molecule has 0 heterocycles. The average molecular weight is 188 g/mol. The van der Waals surface area contributed by atoms with Crippen LogP contribution in [0.15, 0.2) is 0 Å². The van der Waals surface area contributed by atoms with Gasteiger partial charge in [-0.25, -0.2) is 0 Å². The zero-order valence-corrected chi connectivity index (χ0v) is 10.9. The van der Waals surface area contributed by atoms with Gasteiger partial charge in [0.15, 0.2) is 0 Å². The molecule has 74 valence electrons. The quantitative estimate of drug-likeness (QED) is 0.575. The minimum absolute atomic E-state index is 0.363. The molecule has 0 amide bonds. The predicted octanol–water partition coefficient (Wildman–Crippen LogP) is 3.96. The van der Waals surface area contributed by atoms with Crippen molar-refractivity contribution in [3.63, 3.8) is 0 Å². The highest BCUT2D eigenvalue weighted by molar-refractivity contribution is 7.16. The Kier molecular flexibility index (Phi) is 3.41. The third-order valence-electron chi connectivity index (χ3n) is 4.08. The van der Waals surface area contributed by atoms with Crippen LogP contribution in [0.25, 0.3) is 0 Å². The van der Waals surface area contributed by atoms with Crippen molar-refractivity contribution in [3.8, 4) is 0 Å². The summed E-state index contributed by atoms with van der Waals surface area (Å²) >= 11 is 0. The van der Waals surface area contributed by atoms with Gasteiger partial charge in [0.1, 0.15) is 0 Å². The molecule has 0 aliphatic carbocycles. The van der Waals surface area contributed by atoms with Crippen LogP contribution in [0.4, 0.5) is 0 Å². The SMILES string of the molecule is CC(C)(C)C(C)(C)C(C)(C)CP. The topological polar surface area (TPSA) is 0 Å². The number of hydrogen-bond donors (Lipinski definition) is 0. The van der Waals surface area contributed by atoms with Crippen molar-refractivity contribution in [2.24, 2.45) is 16.2 Å². The molecule has 0 aromatic heterocycles. The maximum Gasteiger partial charge on any atom is -0.0251 e. The molecule has 1 heteroatoms. The Morgan fingerprint density at radius 2 is 1.17 bits per heavy atom. The summed E-state index contributed by atoms with van der Waals surface area (Å²) in [6.45, 7) is 16.4. The molecular formula is C11H25P. The lowest BCUT2D eigenvalue weighted by atomic mass is 9.56. The third-order valence-corrected chi connectivity index (χ3v) is 5.10. The van der Waals surface area contributed by atoms with Crippen LogP contribution in [0.5, 0.6) is 0 Å². The van der Waals surface area contributed by atoms with Gasteiger partial charge >= 0.3 is 0 Å². The number of hydrogen-bond acceptors (Lipinski definition) is 0. The van der Waals surface area contributed by atoms with Crippen molar-refractivity contribution in [3.05, 3.63) is 0 Å². The predicted molar refractivity (Wildman–Crippen MR) is 61.6 cm³/mol. The molecule has 0 spiro atoms. The first-order valence-corrected chi connectivity index (χ1v) is 5.58. The molecule has 0 bridgehead atoms. The molecule has 0 saturated heterocycles. The zero-order chi connectivity index (χ0) is 10.2. The number of rotatable bonds is 2. The van der Waals surface area contributed by atoms with Crippen LogP contribution in [0.1, 0.15) is 48.5 Å². The fraction of sp³-hybridized carbons (Fsp3) is 1.00. The second kappa shape index (κ2) is 3.29. The van der Waals surface area contributed by atoms with Gasteiger partial charge in [-0.15, -0.1) is 9.24 Å². The van der Waals surface area contributed by atoms with E-state index in [1.54, 1.807) is 0 Å². The monoisotopic (exact) mass is 188 g/mol. The molecule has 0 aliphatic heterocycles. The maximum atomic E-state index is 2.87. The summed E-state index contributed by atoms with van der Waals surface area (Å²) in [6, 6.07) is 0. The van der Waals surface area contributed by atoms with Crippen LogP contribution in [-0.4, -0.2) is 6.16 Å². The maximum absolute atomic E-state index is 2.87. The first-order valence-electron chi connectivity index (χ1n) is 4.76. The van der Waals surface area contributed by atoms with Gasteiger partial charge in [-0.05, 0) is 22.4 Å². The lowest BCUT2D eigenvalue weighted by Crippen LogP contribution is -2.43. The van der Waals surface area contributed by atoms with Crippen molar-refractivity contribution in [1.82, 2.24) is 0 Å². The fourth-order valence-electron chi connectivity index (χ4n) is 1.27. The summed E-state index contributed by atoms with van der Waals surface area (Å²) in [7, 11) is 2.87. The van der Waals surface area contributed by atoms with Gasteiger partial charge in [-0.3, -0.25) is 0 Å². The van der Waals surface area contributed by atoms with Gasteiger partial charge in [0.25, 0.3) is 0 Å². The highest BCUT2D eigenvalue weighted by Crippen LogP contribution is 2.51. The molecule has 0 saturated carbocycles. The van der Waals surface area contributed by atoms with Crippen LogP contribution < -0.4 is 0 Å². The minimum Gasteiger partial charge on any atom is -0.137 e. The van der Waals surface area contributed by atoms with Gasteiger partial charge in [0.2, 0.25) is 0 Å². The van der Waals surface area contributed by atoms with Crippen molar-refractivity contribution in [2.75, 3.05) is 6.16 Å². The first-order chi connectivity index (χ1) is 5.06. The summed E-state index contributed by atoms with van der Waals surface area (Å²) in [5, 5.41) is 0. The Labute approximate surface area is 80.7 Å². The van der Waals surface area contributed by atoms with Crippen LogP contribution in [0.3, 0.4) is 0 Å². The van der Waals surface area contributed by atoms with E-state index in [0.717, 1.165) is 6.16 Å². The average Bonchev–Trinajstić information content (AvgIpc) is 1.85. The molecule has 1 unspecified atom stereocenters. The van der Waals surface area contributed by atoms with Gasteiger partial charge < -0.3 is 0 Å². The van der Waals surface area contributed by atoms with Gasteiger partial charge in [0, 0.05) is 0 Å². The highest BCUT2D eigenvalue weighted by atomic mass is 31.0. The normalized spacial score (nSPS) is 15.0. The standard InChI is InChI=1S/C11H25P/c1-9(2,3)11(6,7)10(4,5)8-12/h8,12H2,1-7H3. The molecule has 0 rings (SSSR count). The van der Waals surface area contributed by atoms with Gasteiger partial charge in [-0.2, -0.15) is 0 Å². The Morgan fingerprint density at radius 1 is 0.833 bits per heavy atom. The lowest BCUT2D eigenvalue weighted by Gasteiger charge is -2.50. The minimum atomic E-state index is 0.363. The first kappa shape index (κ1) is 12.4. The van der Waals surface area contributed by atoms with Crippen LogP contribution >= 0.6 is 9.24 Å². The van der Waals surface area contributed by atoms with E-state index in [9.17, 15) is 0 Å². The van der Waals surface area contributed by atoms with E-state index in [-0.39, 0.29) is 0 Å². The molecule has 0 nitrogen and oxygen atoms in total. The summed E-state index contributed by atoms with van der Waals surface area (Å²) in [5.41, 5.74) is 1.12. The van der Waals surface area contributed by atoms with Gasteiger partial charge in [0.05, 0.1) is 0 Å². The Bertz CT molecular complexity index is 149. The van der Waals surface area contributed by atoms with Crippen LogP contribution in [0.2, 0.25) is 0 Å². The van der Waals surface area contributed by atoms with Crippen molar-refractivity contribution in [2.45, 2.75) is 48.5 Å². The van der Waals surface area contributed by atoms with Crippen molar-refractivity contribution >= 4 is 9.24 Å². The fourth-order valence-corrected chi connectivity index (χ4v) is 1.78. The molecule has 0 aliphatic rings. The zero-order valence-electron chi connectivity index (χ0n) is 9.78. The molecule has 0 fully saturated rings. The Balaban J connectivity index is 4.85. The van der Waals surface area contributed by atoms with Gasteiger partial charge in [-0.1, -0.05) is 48.5 Å². The molecule has 12 heavy (non-hydrogen) atoms. The molecule has 0 aromatic rings. The second-order valence-electron chi connectivity index (χ2n) is 5.96. The van der Waals surface area contributed by atoms with Crippen LogP contribution in [-0.2, 0) is 0 Å². The highest BCUT2D eigenvalue weighted by Gasteiger charge is 2.44. The Morgan fingerprint density at radius 3 is 1.25 bits per heavy atom. The van der Waals surface area contributed by atoms with E-state index >= 15 is 0 Å². The van der Waals surface area contributed by atoms with E-state index in [1.807, 2.05) is 0 Å². The molecule has 0 N–H and O–H groups in total. The second-order valence-corrected chi connectivity index (χ2v) is 6.37. The van der Waals surface area contributed by atoms with E-state index in [4.69, 9.17) is 0 Å². The third kappa shape index (κ3) is 2.02. The molecule has 0 aromatic carbocycles. The molecule has 1 atom stereocenters. The largest absolute Gasteiger partial charge is 0.137 e. The van der Waals surface area contributed by atoms with Crippen molar-refractivity contribution in [1.29, 1.82) is 0 Å². The Hall–Kier alpha value is 0.430. The summed E-state index contributed by atoms with van der Waals surface area (Å²) in [5.74, 6) is 0.